The van der Waals surface area contributed by atoms with Crippen molar-refractivity contribution in [3.05, 3.63) is 29.8 Å². The number of ether oxygens (including phenoxy) is 1. The Bertz CT molecular complexity index is 474. The second-order valence-electron chi connectivity index (χ2n) is 4.69. The number of amides is 2. The Hall–Kier alpha value is -2.04. The molecule has 2 amide bonds. The maximum Gasteiger partial charge on any atom is 0.260 e. The first kappa shape index (κ1) is 17.0. The average Bonchev–Trinajstić information content (AvgIpc) is 2.53. The van der Waals surface area contributed by atoms with E-state index in [1.807, 2.05) is 6.92 Å². The number of carbonyl (C=O) groups is 2. The summed E-state index contributed by atoms with van der Waals surface area (Å²) in [6.07, 6.45) is 2.03. The van der Waals surface area contributed by atoms with E-state index in [0.717, 1.165) is 19.4 Å². The van der Waals surface area contributed by atoms with Gasteiger partial charge in [-0.1, -0.05) is 25.5 Å². The van der Waals surface area contributed by atoms with Crippen LogP contribution in [-0.2, 0) is 4.79 Å². The second kappa shape index (κ2) is 9.00. The van der Waals surface area contributed by atoms with Gasteiger partial charge in [0.2, 0.25) is 0 Å². The van der Waals surface area contributed by atoms with E-state index in [-0.39, 0.29) is 18.4 Å². The zero-order chi connectivity index (χ0) is 15.7. The van der Waals surface area contributed by atoms with Crippen molar-refractivity contribution in [3.63, 3.8) is 0 Å². The van der Waals surface area contributed by atoms with Gasteiger partial charge in [-0.2, -0.15) is 0 Å². The van der Waals surface area contributed by atoms with Crippen LogP contribution in [0.1, 0.15) is 37.0 Å². The quantitative estimate of drug-likeness (QED) is 0.798. The van der Waals surface area contributed by atoms with Crippen LogP contribution < -0.4 is 10.1 Å². The van der Waals surface area contributed by atoms with Crippen molar-refractivity contribution in [2.45, 2.75) is 26.7 Å². The molecule has 0 atom stereocenters. The van der Waals surface area contributed by atoms with Crippen molar-refractivity contribution >= 4 is 11.8 Å². The highest BCUT2D eigenvalue weighted by Crippen LogP contribution is 2.17. The molecule has 0 aromatic heterocycles. The predicted molar refractivity (Wildman–Crippen MR) is 82.5 cm³/mol. The fraction of sp³-hybridized carbons (Fsp3) is 0.500. The molecule has 5 nitrogen and oxygen atoms in total. The number of benzene rings is 1. The summed E-state index contributed by atoms with van der Waals surface area (Å²) in [5.41, 5.74) is 0.435. The lowest BCUT2D eigenvalue weighted by Gasteiger charge is -2.21. The lowest BCUT2D eigenvalue weighted by atomic mass is 10.2. The second-order valence-corrected chi connectivity index (χ2v) is 4.69. The summed E-state index contributed by atoms with van der Waals surface area (Å²) < 4.78 is 5.53. The minimum atomic E-state index is -0.226. The number of hydrogen-bond donors (Lipinski definition) is 1. The Morgan fingerprint density at radius 3 is 2.57 bits per heavy atom. The molecule has 0 heterocycles. The van der Waals surface area contributed by atoms with Gasteiger partial charge in [-0.15, -0.1) is 0 Å². The first-order valence-corrected chi connectivity index (χ1v) is 7.35. The van der Waals surface area contributed by atoms with Crippen molar-refractivity contribution in [2.24, 2.45) is 0 Å². The van der Waals surface area contributed by atoms with E-state index in [0.29, 0.717) is 17.9 Å². The molecular weight excluding hydrogens is 268 g/mol. The van der Waals surface area contributed by atoms with E-state index in [1.165, 1.54) is 0 Å². The number of rotatable bonds is 8. The number of hydrogen-bond acceptors (Lipinski definition) is 3. The molecule has 0 fully saturated rings. The monoisotopic (exact) mass is 292 g/mol. The number of nitrogens with zero attached hydrogens (tertiary/aromatic N) is 1. The first-order chi connectivity index (χ1) is 10.1. The van der Waals surface area contributed by atoms with Gasteiger partial charge in [0.15, 0.2) is 6.61 Å². The molecule has 116 valence electrons. The highest BCUT2D eigenvalue weighted by atomic mass is 16.5. The molecular formula is C16H24N2O3. The Morgan fingerprint density at radius 2 is 1.95 bits per heavy atom. The normalized spacial score (nSPS) is 10.0. The minimum Gasteiger partial charge on any atom is -0.483 e. The summed E-state index contributed by atoms with van der Waals surface area (Å²) in [5, 5.41) is 2.56. The van der Waals surface area contributed by atoms with E-state index < -0.39 is 0 Å². The SMILES string of the molecule is CCCCN(CC)C(=O)COc1ccccc1C(=O)NC. The van der Waals surface area contributed by atoms with Gasteiger partial charge >= 0.3 is 0 Å². The van der Waals surface area contributed by atoms with Gasteiger partial charge in [0.1, 0.15) is 5.75 Å². The number of para-hydroxylation sites is 1. The van der Waals surface area contributed by atoms with Gasteiger partial charge in [-0.3, -0.25) is 9.59 Å². The standard InChI is InChI=1S/C16H24N2O3/c1-4-6-11-18(5-2)15(19)12-21-14-10-8-7-9-13(14)16(20)17-3/h7-10H,4-6,11-12H2,1-3H3,(H,17,20). The van der Waals surface area contributed by atoms with E-state index in [9.17, 15) is 9.59 Å². The minimum absolute atomic E-state index is 0.0500. The van der Waals surface area contributed by atoms with Crippen LogP contribution >= 0.6 is 0 Å². The molecule has 1 aromatic rings. The Labute approximate surface area is 126 Å². The van der Waals surface area contributed by atoms with Crippen molar-refractivity contribution < 1.29 is 14.3 Å². The molecule has 0 radical (unpaired) electrons. The molecule has 0 bridgehead atoms. The lowest BCUT2D eigenvalue weighted by Crippen LogP contribution is -2.35. The molecule has 1 rings (SSSR count). The van der Waals surface area contributed by atoms with Gasteiger partial charge in [0.25, 0.3) is 11.8 Å². The molecule has 5 heteroatoms. The highest BCUT2D eigenvalue weighted by Gasteiger charge is 2.15. The largest absolute Gasteiger partial charge is 0.483 e. The third-order valence-electron chi connectivity index (χ3n) is 3.23. The third kappa shape index (κ3) is 5.10. The summed E-state index contributed by atoms with van der Waals surface area (Å²) in [7, 11) is 1.56. The van der Waals surface area contributed by atoms with Crippen LogP contribution in [0, 0.1) is 0 Å². The predicted octanol–water partition coefficient (Wildman–Crippen LogP) is 2.07. The van der Waals surface area contributed by atoms with E-state index >= 15 is 0 Å². The van der Waals surface area contributed by atoms with Crippen LogP contribution in [0.25, 0.3) is 0 Å². The number of likely N-dealkylation sites (N-methyl/N-ethyl adjacent to an activating group) is 1. The third-order valence-corrected chi connectivity index (χ3v) is 3.23. The van der Waals surface area contributed by atoms with Gasteiger partial charge in [0, 0.05) is 20.1 Å². The summed E-state index contributed by atoms with van der Waals surface area (Å²) in [4.78, 5) is 25.6. The summed E-state index contributed by atoms with van der Waals surface area (Å²) in [6, 6.07) is 6.91. The van der Waals surface area contributed by atoms with Crippen molar-refractivity contribution in [1.29, 1.82) is 0 Å². The van der Waals surface area contributed by atoms with Crippen LogP contribution in [0.4, 0.5) is 0 Å². The van der Waals surface area contributed by atoms with Crippen LogP contribution in [-0.4, -0.2) is 43.5 Å². The maximum atomic E-state index is 12.1. The molecule has 0 saturated carbocycles. The zero-order valence-electron chi connectivity index (χ0n) is 13.0. The topological polar surface area (TPSA) is 58.6 Å². The van der Waals surface area contributed by atoms with Crippen LogP contribution in [0.15, 0.2) is 24.3 Å². The molecule has 21 heavy (non-hydrogen) atoms. The molecule has 0 aliphatic rings. The number of nitrogens with one attached hydrogen (secondary N) is 1. The average molecular weight is 292 g/mol. The van der Waals surface area contributed by atoms with Crippen molar-refractivity contribution in [2.75, 3.05) is 26.7 Å². The highest BCUT2D eigenvalue weighted by molar-refractivity contribution is 5.96. The van der Waals surface area contributed by atoms with E-state index in [1.54, 1.807) is 36.2 Å². The molecule has 1 aromatic carbocycles. The Balaban J connectivity index is 2.66. The van der Waals surface area contributed by atoms with E-state index in [4.69, 9.17) is 4.74 Å². The number of unbranched alkanes of at least 4 members (excludes halogenated alkanes) is 1. The fourth-order valence-electron chi connectivity index (χ4n) is 1.95. The molecule has 0 aliphatic heterocycles. The van der Waals surface area contributed by atoms with Gasteiger partial charge in [-0.25, -0.2) is 0 Å². The lowest BCUT2D eigenvalue weighted by molar-refractivity contribution is -0.133. The van der Waals surface area contributed by atoms with Crippen LogP contribution in [0.3, 0.4) is 0 Å². The summed E-state index contributed by atoms with van der Waals surface area (Å²) in [6.45, 7) is 5.40. The maximum absolute atomic E-state index is 12.1. The number of carbonyl (C=O) groups excluding carboxylic acids is 2. The first-order valence-electron chi connectivity index (χ1n) is 7.35. The van der Waals surface area contributed by atoms with Gasteiger partial charge < -0.3 is 15.0 Å². The fourth-order valence-corrected chi connectivity index (χ4v) is 1.95. The Morgan fingerprint density at radius 1 is 1.24 bits per heavy atom. The Kier molecular flexibility index (Phi) is 7.29. The zero-order valence-corrected chi connectivity index (χ0v) is 13.0. The van der Waals surface area contributed by atoms with Crippen LogP contribution in [0.5, 0.6) is 5.75 Å². The van der Waals surface area contributed by atoms with Gasteiger partial charge in [0.05, 0.1) is 5.56 Å². The molecule has 0 saturated heterocycles. The van der Waals surface area contributed by atoms with Crippen LogP contribution in [0.2, 0.25) is 0 Å². The summed E-state index contributed by atoms with van der Waals surface area (Å²) in [5.74, 6) is 0.144. The molecule has 0 unspecified atom stereocenters. The smallest absolute Gasteiger partial charge is 0.260 e. The van der Waals surface area contributed by atoms with Gasteiger partial charge in [-0.05, 0) is 25.5 Å². The van der Waals surface area contributed by atoms with E-state index in [2.05, 4.69) is 12.2 Å². The molecule has 1 N–H and O–H groups in total. The molecule has 0 spiro atoms. The van der Waals surface area contributed by atoms with Crippen molar-refractivity contribution in [1.82, 2.24) is 10.2 Å². The molecule has 0 aliphatic carbocycles. The summed E-state index contributed by atoms with van der Waals surface area (Å²) >= 11 is 0. The van der Waals surface area contributed by atoms with Crippen molar-refractivity contribution in [3.8, 4) is 5.75 Å².